The van der Waals surface area contributed by atoms with Crippen LogP contribution < -0.4 is 5.69 Å². The molecule has 5 nitrogen and oxygen atoms in total. The fraction of sp³-hybridized carbons (Fsp3) is 0. The summed E-state index contributed by atoms with van der Waals surface area (Å²) >= 11 is 6.22. The topological polar surface area (TPSA) is 52.2 Å². The zero-order valence-corrected chi connectivity index (χ0v) is 14.8. The van der Waals surface area contributed by atoms with Crippen LogP contribution in [0, 0.1) is 0 Å². The van der Waals surface area contributed by atoms with Crippen LogP contribution in [0.3, 0.4) is 0 Å². The molecule has 0 atom stereocenters. The summed E-state index contributed by atoms with van der Waals surface area (Å²) in [6.07, 6.45) is 0. The Morgan fingerprint density at radius 3 is 2.26 bits per heavy atom. The van der Waals surface area contributed by atoms with Gasteiger partial charge >= 0.3 is 5.69 Å². The molecular formula is C21H13ClN4O. The van der Waals surface area contributed by atoms with Gasteiger partial charge in [0, 0.05) is 16.0 Å². The highest BCUT2D eigenvalue weighted by Gasteiger charge is 2.18. The van der Waals surface area contributed by atoms with E-state index in [1.54, 1.807) is 21.1 Å². The summed E-state index contributed by atoms with van der Waals surface area (Å²) in [7, 11) is 0. The molecule has 0 unspecified atom stereocenters. The minimum absolute atomic E-state index is 0.241. The maximum absolute atomic E-state index is 13.5. The molecule has 0 aliphatic carbocycles. The smallest absolute Gasteiger partial charge is 0.261 e. The average Bonchev–Trinajstić information content (AvgIpc) is 3.15. The highest BCUT2D eigenvalue weighted by molar-refractivity contribution is 6.31. The van der Waals surface area contributed by atoms with Crippen molar-refractivity contribution in [1.82, 2.24) is 19.2 Å². The quantitative estimate of drug-likeness (QED) is 0.463. The second-order valence-electron chi connectivity index (χ2n) is 6.16. The third kappa shape index (κ3) is 2.44. The van der Waals surface area contributed by atoms with Gasteiger partial charge in [0.05, 0.1) is 11.2 Å². The van der Waals surface area contributed by atoms with Crippen molar-refractivity contribution in [2.75, 3.05) is 0 Å². The summed E-state index contributed by atoms with van der Waals surface area (Å²) in [5.74, 6) is 0.511. The van der Waals surface area contributed by atoms with E-state index in [9.17, 15) is 4.79 Å². The van der Waals surface area contributed by atoms with Crippen LogP contribution in [0.1, 0.15) is 0 Å². The van der Waals surface area contributed by atoms with Crippen molar-refractivity contribution in [3.8, 4) is 17.1 Å². The Hall–Kier alpha value is -3.44. The lowest BCUT2D eigenvalue weighted by Crippen LogP contribution is -2.26. The Kier molecular flexibility index (Phi) is 3.55. The Labute approximate surface area is 159 Å². The zero-order valence-electron chi connectivity index (χ0n) is 14.1. The first-order valence-corrected chi connectivity index (χ1v) is 8.82. The number of nitrogens with zero attached hydrogens (tertiary/aromatic N) is 4. The SMILES string of the molecule is O=c1n(-c2ccccc2)c2cc(Cl)ccc2c2nnc(-c3ccccc3)n12. The molecule has 0 saturated heterocycles. The predicted octanol–water partition coefficient (Wildman–Crippen LogP) is 4.35. The molecule has 3 aromatic carbocycles. The lowest BCUT2D eigenvalue weighted by molar-refractivity contribution is 0.917. The van der Waals surface area contributed by atoms with Crippen LogP contribution in [0.4, 0.5) is 0 Å². The lowest BCUT2D eigenvalue weighted by atomic mass is 10.2. The number of hydrogen-bond donors (Lipinski definition) is 0. The summed E-state index contributed by atoms with van der Waals surface area (Å²) in [6.45, 7) is 0. The fourth-order valence-corrected chi connectivity index (χ4v) is 3.49. The van der Waals surface area contributed by atoms with Gasteiger partial charge in [-0.05, 0) is 30.3 Å². The first-order valence-electron chi connectivity index (χ1n) is 8.44. The Bertz CT molecular complexity index is 1340. The highest BCUT2D eigenvalue weighted by atomic mass is 35.5. The maximum atomic E-state index is 13.5. The van der Waals surface area contributed by atoms with Crippen molar-refractivity contribution in [3.63, 3.8) is 0 Å². The van der Waals surface area contributed by atoms with Crippen LogP contribution in [-0.4, -0.2) is 19.2 Å². The van der Waals surface area contributed by atoms with E-state index in [-0.39, 0.29) is 5.69 Å². The van der Waals surface area contributed by atoms with Gasteiger partial charge in [-0.25, -0.2) is 9.20 Å². The maximum Gasteiger partial charge on any atom is 0.340 e. The van der Waals surface area contributed by atoms with Crippen molar-refractivity contribution in [2.24, 2.45) is 0 Å². The van der Waals surface area contributed by atoms with E-state index >= 15 is 0 Å². The van der Waals surface area contributed by atoms with Crippen LogP contribution in [0.15, 0.2) is 83.7 Å². The Morgan fingerprint density at radius 2 is 1.52 bits per heavy atom. The third-order valence-corrected chi connectivity index (χ3v) is 4.77. The van der Waals surface area contributed by atoms with Gasteiger partial charge < -0.3 is 0 Å². The second kappa shape index (κ2) is 6.07. The van der Waals surface area contributed by atoms with Crippen LogP contribution in [0.25, 0.3) is 33.6 Å². The van der Waals surface area contributed by atoms with Gasteiger partial charge in [0.1, 0.15) is 0 Å². The van der Waals surface area contributed by atoms with Gasteiger partial charge in [-0.3, -0.25) is 4.57 Å². The molecule has 0 saturated carbocycles. The molecule has 0 aliphatic heterocycles. The predicted molar refractivity (Wildman–Crippen MR) is 107 cm³/mol. The molecule has 5 aromatic rings. The molecule has 2 heterocycles. The average molecular weight is 373 g/mol. The number of fused-ring (bicyclic) bond motifs is 3. The van der Waals surface area contributed by atoms with E-state index < -0.39 is 0 Å². The normalized spacial score (nSPS) is 11.3. The molecule has 0 aliphatic rings. The van der Waals surface area contributed by atoms with Crippen LogP contribution in [0.5, 0.6) is 0 Å². The van der Waals surface area contributed by atoms with E-state index in [0.29, 0.717) is 22.0 Å². The number of benzene rings is 3. The number of halogens is 1. The van der Waals surface area contributed by atoms with Crippen molar-refractivity contribution in [3.05, 3.63) is 94.4 Å². The van der Waals surface area contributed by atoms with Crippen LogP contribution in [-0.2, 0) is 0 Å². The minimum atomic E-state index is -0.241. The van der Waals surface area contributed by atoms with Crippen LogP contribution in [0.2, 0.25) is 5.02 Å². The molecule has 0 radical (unpaired) electrons. The van der Waals surface area contributed by atoms with E-state index in [1.165, 1.54) is 0 Å². The molecular weight excluding hydrogens is 360 g/mol. The van der Waals surface area contributed by atoms with E-state index in [1.807, 2.05) is 66.7 Å². The summed E-state index contributed by atoms with van der Waals surface area (Å²) in [5.41, 5.74) is 2.55. The Balaban J connectivity index is 1.99. The van der Waals surface area contributed by atoms with E-state index in [2.05, 4.69) is 10.2 Å². The minimum Gasteiger partial charge on any atom is -0.261 e. The van der Waals surface area contributed by atoms with E-state index in [4.69, 9.17) is 11.6 Å². The highest BCUT2D eigenvalue weighted by Crippen LogP contribution is 2.26. The summed E-state index contributed by atoms with van der Waals surface area (Å²) in [4.78, 5) is 13.5. The molecule has 0 spiro atoms. The zero-order chi connectivity index (χ0) is 18.4. The summed E-state index contributed by atoms with van der Waals surface area (Å²) in [6, 6.07) is 24.5. The number of hydrogen-bond acceptors (Lipinski definition) is 3. The molecule has 130 valence electrons. The molecule has 5 rings (SSSR count). The van der Waals surface area contributed by atoms with Crippen molar-refractivity contribution in [2.45, 2.75) is 0 Å². The van der Waals surface area contributed by atoms with Gasteiger partial charge in [-0.2, -0.15) is 0 Å². The largest absolute Gasteiger partial charge is 0.340 e. The second-order valence-corrected chi connectivity index (χ2v) is 6.60. The molecule has 27 heavy (non-hydrogen) atoms. The number of para-hydroxylation sites is 1. The molecule has 0 N–H and O–H groups in total. The lowest BCUT2D eigenvalue weighted by Gasteiger charge is -2.12. The van der Waals surface area contributed by atoms with Gasteiger partial charge in [0.15, 0.2) is 11.5 Å². The van der Waals surface area contributed by atoms with Crippen LogP contribution >= 0.6 is 11.6 Å². The van der Waals surface area contributed by atoms with E-state index in [0.717, 1.165) is 16.6 Å². The number of rotatable bonds is 2. The standard InChI is InChI=1S/C21H13ClN4O/c22-15-11-12-17-18(13-15)25(16-9-5-2-6-10-16)21(27)26-19(23-24-20(17)26)14-7-3-1-4-8-14/h1-13H. The molecule has 6 heteroatoms. The van der Waals surface area contributed by atoms with Gasteiger partial charge in [-0.15, -0.1) is 10.2 Å². The van der Waals surface area contributed by atoms with Crippen molar-refractivity contribution >= 4 is 28.2 Å². The van der Waals surface area contributed by atoms with Crippen molar-refractivity contribution in [1.29, 1.82) is 0 Å². The van der Waals surface area contributed by atoms with Gasteiger partial charge in [-0.1, -0.05) is 60.1 Å². The molecule has 0 bridgehead atoms. The summed E-state index contributed by atoms with van der Waals surface area (Å²) < 4.78 is 3.20. The number of aromatic nitrogens is 4. The molecule has 0 amide bonds. The van der Waals surface area contributed by atoms with Gasteiger partial charge in [0.2, 0.25) is 0 Å². The molecule has 2 aromatic heterocycles. The fourth-order valence-electron chi connectivity index (χ4n) is 3.32. The monoisotopic (exact) mass is 372 g/mol. The first kappa shape index (κ1) is 15.8. The summed E-state index contributed by atoms with van der Waals surface area (Å²) in [5, 5.41) is 9.96. The first-order chi connectivity index (χ1) is 13.2. The van der Waals surface area contributed by atoms with Gasteiger partial charge in [0.25, 0.3) is 0 Å². The van der Waals surface area contributed by atoms with Crippen molar-refractivity contribution < 1.29 is 0 Å². The third-order valence-electron chi connectivity index (χ3n) is 4.53. The Morgan fingerprint density at radius 1 is 0.815 bits per heavy atom. The molecule has 0 fully saturated rings.